The van der Waals surface area contributed by atoms with Gasteiger partial charge in [-0.05, 0) is 24.6 Å². The molecule has 1 N–H and O–H groups in total. The summed E-state index contributed by atoms with van der Waals surface area (Å²) in [7, 11) is 0. The van der Waals surface area contributed by atoms with E-state index in [0.717, 1.165) is 11.3 Å². The predicted molar refractivity (Wildman–Crippen MR) is 89.3 cm³/mol. The normalized spacial score (nSPS) is 10.5. The zero-order chi connectivity index (χ0) is 16.9. The van der Waals surface area contributed by atoms with Gasteiger partial charge in [-0.1, -0.05) is 36.4 Å². The third kappa shape index (κ3) is 3.27. The van der Waals surface area contributed by atoms with Crippen LogP contribution in [0.4, 0.5) is 0 Å². The van der Waals surface area contributed by atoms with E-state index in [1.807, 2.05) is 31.2 Å². The van der Waals surface area contributed by atoms with Gasteiger partial charge in [0.2, 0.25) is 0 Å². The molecule has 6 heteroatoms. The van der Waals surface area contributed by atoms with Gasteiger partial charge < -0.3 is 9.47 Å². The number of aromatic amines is 1. The van der Waals surface area contributed by atoms with Crippen molar-refractivity contribution in [2.75, 3.05) is 13.2 Å². The van der Waals surface area contributed by atoms with E-state index in [9.17, 15) is 9.59 Å². The number of carbonyl (C=O) groups is 1. The van der Waals surface area contributed by atoms with E-state index >= 15 is 0 Å². The third-order valence-corrected chi connectivity index (χ3v) is 3.56. The first-order chi connectivity index (χ1) is 11.7. The van der Waals surface area contributed by atoms with Gasteiger partial charge in [-0.15, -0.1) is 0 Å². The van der Waals surface area contributed by atoms with E-state index in [-0.39, 0.29) is 24.5 Å². The van der Waals surface area contributed by atoms with Crippen LogP contribution in [0.3, 0.4) is 0 Å². The highest BCUT2D eigenvalue weighted by Crippen LogP contribution is 2.16. The van der Waals surface area contributed by atoms with Gasteiger partial charge in [0.25, 0.3) is 5.56 Å². The SMILES string of the molecule is Cc1ccccc1OCCOC(=O)c1n[nH]c(=O)c2ccccc12. The second kappa shape index (κ2) is 6.95. The Labute approximate surface area is 138 Å². The number of benzene rings is 2. The molecule has 0 fully saturated rings. The molecule has 1 heterocycles. The Morgan fingerprint density at radius 2 is 1.75 bits per heavy atom. The van der Waals surface area contributed by atoms with Gasteiger partial charge in [-0.2, -0.15) is 5.10 Å². The van der Waals surface area contributed by atoms with Crippen LogP contribution < -0.4 is 10.3 Å². The maximum absolute atomic E-state index is 12.2. The quantitative estimate of drug-likeness (QED) is 0.576. The van der Waals surface area contributed by atoms with Crippen molar-refractivity contribution in [1.82, 2.24) is 10.2 Å². The monoisotopic (exact) mass is 324 g/mol. The number of ether oxygens (including phenoxy) is 2. The molecule has 0 aliphatic heterocycles. The zero-order valence-corrected chi connectivity index (χ0v) is 13.1. The highest BCUT2D eigenvalue weighted by atomic mass is 16.6. The van der Waals surface area contributed by atoms with Crippen LogP contribution in [0.2, 0.25) is 0 Å². The van der Waals surface area contributed by atoms with Crippen molar-refractivity contribution < 1.29 is 14.3 Å². The standard InChI is InChI=1S/C18H16N2O4/c1-12-6-2-5-9-15(12)23-10-11-24-18(22)16-13-7-3-4-8-14(13)17(21)20-19-16/h2-9H,10-11H2,1H3,(H,20,21). The zero-order valence-electron chi connectivity index (χ0n) is 13.1. The van der Waals surface area contributed by atoms with Crippen LogP contribution in [0.1, 0.15) is 16.1 Å². The molecule has 3 aromatic rings. The Balaban J connectivity index is 1.65. The Kier molecular flexibility index (Phi) is 4.56. The highest BCUT2D eigenvalue weighted by Gasteiger charge is 2.15. The number of carbonyl (C=O) groups excluding carboxylic acids is 1. The first-order valence-corrected chi connectivity index (χ1v) is 7.50. The van der Waals surface area contributed by atoms with Gasteiger partial charge in [-0.25, -0.2) is 9.89 Å². The van der Waals surface area contributed by atoms with Crippen LogP contribution in [0.25, 0.3) is 10.8 Å². The summed E-state index contributed by atoms with van der Waals surface area (Å²) < 4.78 is 10.8. The van der Waals surface area contributed by atoms with Crippen LogP contribution in [0.15, 0.2) is 53.3 Å². The molecule has 6 nitrogen and oxygen atoms in total. The Hall–Kier alpha value is -3.15. The molecule has 0 bridgehead atoms. The molecule has 2 aromatic carbocycles. The molecule has 0 saturated carbocycles. The van der Waals surface area contributed by atoms with Gasteiger partial charge in [-0.3, -0.25) is 4.79 Å². The van der Waals surface area contributed by atoms with E-state index in [1.165, 1.54) is 0 Å². The molecule has 24 heavy (non-hydrogen) atoms. The highest BCUT2D eigenvalue weighted by molar-refractivity contribution is 6.01. The second-order valence-electron chi connectivity index (χ2n) is 5.20. The average Bonchev–Trinajstić information content (AvgIpc) is 2.60. The minimum atomic E-state index is -0.601. The number of nitrogens with one attached hydrogen (secondary N) is 1. The van der Waals surface area contributed by atoms with E-state index in [4.69, 9.17) is 9.47 Å². The Bertz CT molecular complexity index is 933. The fourth-order valence-electron chi connectivity index (χ4n) is 2.34. The van der Waals surface area contributed by atoms with Gasteiger partial charge in [0.05, 0.1) is 5.39 Å². The van der Waals surface area contributed by atoms with Crippen LogP contribution in [0, 0.1) is 6.92 Å². The number of hydrogen-bond acceptors (Lipinski definition) is 5. The van der Waals surface area contributed by atoms with E-state index in [1.54, 1.807) is 24.3 Å². The average molecular weight is 324 g/mol. The fourth-order valence-corrected chi connectivity index (χ4v) is 2.34. The lowest BCUT2D eigenvalue weighted by Crippen LogP contribution is -2.18. The van der Waals surface area contributed by atoms with Crippen molar-refractivity contribution in [2.45, 2.75) is 6.92 Å². The van der Waals surface area contributed by atoms with Crippen LogP contribution in [-0.2, 0) is 4.74 Å². The van der Waals surface area contributed by atoms with Gasteiger partial charge >= 0.3 is 5.97 Å². The van der Waals surface area contributed by atoms with Gasteiger partial charge in [0.1, 0.15) is 19.0 Å². The first-order valence-electron chi connectivity index (χ1n) is 7.50. The van der Waals surface area contributed by atoms with Gasteiger partial charge in [0, 0.05) is 5.39 Å². The topological polar surface area (TPSA) is 81.3 Å². The Morgan fingerprint density at radius 3 is 2.54 bits per heavy atom. The number of aryl methyl sites for hydroxylation is 1. The van der Waals surface area contributed by atoms with E-state index in [0.29, 0.717) is 10.8 Å². The molecule has 1 aromatic heterocycles. The lowest BCUT2D eigenvalue weighted by Gasteiger charge is -2.09. The molecule has 0 amide bonds. The number of fused-ring (bicyclic) bond motifs is 1. The number of para-hydroxylation sites is 1. The number of H-pyrrole nitrogens is 1. The summed E-state index contributed by atoms with van der Waals surface area (Å²) in [5.41, 5.74) is 0.753. The molecule has 122 valence electrons. The molecule has 0 atom stereocenters. The number of aromatic nitrogens is 2. The van der Waals surface area contributed by atoms with E-state index in [2.05, 4.69) is 10.2 Å². The summed E-state index contributed by atoms with van der Waals surface area (Å²) in [6, 6.07) is 14.4. The fraction of sp³-hybridized carbons (Fsp3) is 0.167. The van der Waals surface area contributed by atoms with Crippen molar-refractivity contribution in [1.29, 1.82) is 0 Å². The molecule has 3 rings (SSSR count). The maximum atomic E-state index is 12.2. The molecular formula is C18H16N2O4. The molecule has 0 spiro atoms. The summed E-state index contributed by atoms with van der Waals surface area (Å²) in [4.78, 5) is 23.9. The molecule has 0 unspecified atom stereocenters. The third-order valence-electron chi connectivity index (χ3n) is 3.56. The van der Waals surface area contributed by atoms with Crippen molar-refractivity contribution in [3.8, 4) is 5.75 Å². The number of rotatable bonds is 5. The number of nitrogens with zero attached hydrogens (tertiary/aromatic N) is 1. The number of esters is 1. The summed E-state index contributed by atoms with van der Waals surface area (Å²) in [6.07, 6.45) is 0. The maximum Gasteiger partial charge on any atom is 0.359 e. The molecule has 0 saturated heterocycles. The molecule has 0 aliphatic rings. The van der Waals surface area contributed by atoms with Crippen LogP contribution in [0.5, 0.6) is 5.75 Å². The van der Waals surface area contributed by atoms with Crippen molar-refractivity contribution >= 4 is 16.7 Å². The largest absolute Gasteiger partial charge is 0.490 e. The van der Waals surface area contributed by atoms with Crippen molar-refractivity contribution in [2.24, 2.45) is 0 Å². The summed E-state index contributed by atoms with van der Waals surface area (Å²) in [5, 5.41) is 6.98. The lowest BCUT2D eigenvalue weighted by molar-refractivity contribution is 0.0444. The Morgan fingerprint density at radius 1 is 1.04 bits per heavy atom. The first kappa shape index (κ1) is 15.7. The smallest absolute Gasteiger partial charge is 0.359 e. The molecular weight excluding hydrogens is 308 g/mol. The molecule has 0 radical (unpaired) electrons. The summed E-state index contributed by atoms with van der Waals surface area (Å²) in [6.45, 7) is 2.26. The summed E-state index contributed by atoms with van der Waals surface area (Å²) in [5.74, 6) is 0.150. The number of hydrogen-bond donors (Lipinski definition) is 1. The van der Waals surface area contributed by atoms with Crippen molar-refractivity contribution in [3.63, 3.8) is 0 Å². The van der Waals surface area contributed by atoms with Crippen LogP contribution in [-0.4, -0.2) is 29.4 Å². The summed E-state index contributed by atoms with van der Waals surface area (Å²) >= 11 is 0. The minimum Gasteiger partial charge on any atom is -0.490 e. The predicted octanol–water partition coefficient (Wildman–Crippen LogP) is 2.47. The molecule has 0 aliphatic carbocycles. The second-order valence-corrected chi connectivity index (χ2v) is 5.20. The van der Waals surface area contributed by atoms with E-state index < -0.39 is 5.97 Å². The van der Waals surface area contributed by atoms with Gasteiger partial charge in [0.15, 0.2) is 5.69 Å². The lowest BCUT2D eigenvalue weighted by atomic mass is 10.1. The minimum absolute atomic E-state index is 0.0843. The van der Waals surface area contributed by atoms with Crippen LogP contribution >= 0.6 is 0 Å². The van der Waals surface area contributed by atoms with Crippen molar-refractivity contribution in [3.05, 3.63) is 70.1 Å².